The summed E-state index contributed by atoms with van der Waals surface area (Å²) >= 11 is 0. The van der Waals surface area contributed by atoms with Gasteiger partial charge in [0.05, 0.1) is 17.8 Å². The fourth-order valence-corrected chi connectivity index (χ4v) is 4.08. The lowest BCUT2D eigenvalue weighted by Crippen LogP contribution is -2.66. The van der Waals surface area contributed by atoms with E-state index in [0.29, 0.717) is 18.8 Å². The predicted molar refractivity (Wildman–Crippen MR) is 71.0 cm³/mol. The molecular weight excluding hydrogens is 228 g/mol. The van der Waals surface area contributed by atoms with E-state index in [2.05, 4.69) is 20.4 Å². The van der Waals surface area contributed by atoms with E-state index in [9.17, 15) is 15.3 Å². The highest BCUT2D eigenvalue weighted by Gasteiger charge is 2.61. The molecule has 0 bridgehead atoms. The van der Waals surface area contributed by atoms with Gasteiger partial charge >= 0.3 is 0 Å². The van der Waals surface area contributed by atoms with Crippen LogP contribution in [0.1, 0.15) is 46.5 Å². The molecule has 18 heavy (non-hydrogen) atoms. The molecule has 0 amide bonds. The molecule has 104 valence electrons. The van der Waals surface area contributed by atoms with Gasteiger partial charge in [0.15, 0.2) is 0 Å². The summed E-state index contributed by atoms with van der Waals surface area (Å²) in [5, 5.41) is 31.4. The summed E-state index contributed by atoms with van der Waals surface area (Å²) in [6.45, 7) is 10.1. The second-order valence-electron chi connectivity index (χ2n) is 6.76. The van der Waals surface area contributed by atoms with Crippen LogP contribution in [0.15, 0.2) is 12.2 Å². The van der Waals surface area contributed by atoms with Crippen LogP contribution in [0.5, 0.6) is 0 Å². The minimum Gasteiger partial charge on any atom is -0.392 e. The highest BCUT2D eigenvalue weighted by Crippen LogP contribution is 2.57. The molecule has 2 rings (SSSR count). The molecule has 0 saturated heterocycles. The topological polar surface area (TPSA) is 60.7 Å². The Labute approximate surface area is 110 Å². The molecule has 0 radical (unpaired) electrons. The Morgan fingerprint density at radius 1 is 1.22 bits per heavy atom. The molecule has 0 aromatic rings. The average Bonchev–Trinajstić information content (AvgIpc) is 2.28. The first-order chi connectivity index (χ1) is 8.22. The van der Waals surface area contributed by atoms with E-state index in [1.165, 1.54) is 0 Å². The van der Waals surface area contributed by atoms with Gasteiger partial charge in [0.2, 0.25) is 0 Å². The molecule has 2 saturated carbocycles. The molecule has 0 aromatic carbocycles. The van der Waals surface area contributed by atoms with Crippen LogP contribution in [0.25, 0.3) is 0 Å². The van der Waals surface area contributed by atoms with Crippen LogP contribution in [-0.2, 0) is 0 Å². The molecule has 0 aliphatic heterocycles. The lowest BCUT2D eigenvalue weighted by atomic mass is 9.49. The van der Waals surface area contributed by atoms with Crippen molar-refractivity contribution in [1.82, 2.24) is 0 Å². The summed E-state index contributed by atoms with van der Waals surface area (Å²) in [6.07, 6.45) is 1.20. The predicted octanol–water partition coefficient (Wildman–Crippen LogP) is 1.86. The van der Waals surface area contributed by atoms with E-state index in [1.54, 1.807) is 0 Å². The Morgan fingerprint density at radius 2 is 1.83 bits per heavy atom. The minimum absolute atomic E-state index is 0.0306. The summed E-state index contributed by atoms with van der Waals surface area (Å²) in [5.41, 5.74) is -0.526. The van der Waals surface area contributed by atoms with Crippen molar-refractivity contribution in [1.29, 1.82) is 0 Å². The van der Waals surface area contributed by atoms with Gasteiger partial charge in [-0.25, -0.2) is 0 Å². The molecule has 6 atom stereocenters. The van der Waals surface area contributed by atoms with Crippen LogP contribution >= 0.6 is 0 Å². The standard InChI is InChI=1S/C15H26O3/c1-9(2)11-7-14(4)10(3)5-6-13(17)15(14,18)8-12(11)16/h10-13,16-18H,1,5-8H2,2-4H3. The zero-order chi connectivity index (χ0) is 13.7. The monoisotopic (exact) mass is 254 g/mol. The molecule has 2 aliphatic carbocycles. The molecule has 3 N–H and O–H groups in total. The van der Waals surface area contributed by atoms with Gasteiger partial charge in [0.1, 0.15) is 0 Å². The van der Waals surface area contributed by atoms with Crippen molar-refractivity contribution in [2.75, 3.05) is 0 Å². The highest BCUT2D eigenvalue weighted by molar-refractivity contribution is 5.16. The summed E-state index contributed by atoms with van der Waals surface area (Å²) in [7, 11) is 0. The van der Waals surface area contributed by atoms with Gasteiger partial charge in [-0.2, -0.15) is 0 Å². The zero-order valence-corrected chi connectivity index (χ0v) is 11.7. The molecular formula is C15H26O3. The third kappa shape index (κ3) is 1.75. The number of rotatable bonds is 1. The smallest absolute Gasteiger partial charge is 0.0986 e. The maximum Gasteiger partial charge on any atom is 0.0986 e. The van der Waals surface area contributed by atoms with Crippen LogP contribution in [-0.4, -0.2) is 33.1 Å². The first-order valence-electron chi connectivity index (χ1n) is 6.96. The second kappa shape index (κ2) is 4.32. The summed E-state index contributed by atoms with van der Waals surface area (Å²) in [5.74, 6) is 0.378. The lowest BCUT2D eigenvalue weighted by molar-refractivity contribution is -0.240. The molecule has 0 spiro atoms. The van der Waals surface area contributed by atoms with Crippen LogP contribution in [0.4, 0.5) is 0 Å². The molecule has 6 unspecified atom stereocenters. The highest BCUT2D eigenvalue weighted by atomic mass is 16.3. The van der Waals surface area contributed by atoms with Crippen molar-refractivity contribution in [3.63, 3.8) is 0 Å². The first kappa shape index (κ1) is 14.0. The van der Waals surface area contributed by atoms with E-state index >= 15 is 0 Å². The van der Waals surface area contributed by atoms with Crippen molar-refractivity contribution < 1.29 is 15.3 Å². The largest absolute Gasteiger partial charge is 0.392 e. The zero-order valence-electron chi connectivity index (χ0n) is 11.7. The van der Waals surface area contributed by atoms with Gasteiger partial charge in [-0.15, -0.1) is 0 Å². The first-order valence-corrected chi connectivity index (χ1v) is 6.96. The second-order valence-corrected chi connectivity index (χ2v) is 6.76. The van der Waals surface area contributed by atoms with E-state index < -0.39 is 17.8 Å². The Hall–Kier alpha value is -0.380. The molecule has 0 aromatic heterocycles. The van der Waals surface area contributed by atoms with Crippen LogP contribution in [0.2, 0.25) is 0 Å². The number of aliphatic hydroxyl groups excluding tert-OH is 2. The van der Waals surface area contributed by atoms with E-state index in [4.69, 9.17) is 0 Å². The summed E-state index contributed by atoms with van der Waals surface area (Å²) in [6, 6.07) is 0. The fraction of sp³-hybridized carbons (Fsp3) is 0.867. The third-order valence-corrected chi connectivity index (χ3v) is 5.76. The number of hydrogen-bond donors (Lipinski definition) is 3. The number of fused-ring (bicyclic) bond motifs is 1. The minimum atomic E-state index is -1.16. The van der Waals surface area contributed by atoms with E-state index in [-0.39, 0.29) is 17.8 Å². The van der Waals surface area contributed by atoms with Crippen LogP contribution < -0.4 is 0 Å². The van der Waals surface area contributed by atoms with Gasteiger partial charge in [-0.3, -0.25) is 0 Å². The molecule has 2 fully saturated rings. The van der Waals surface area contributed by atoms with Crippen molar-refractivity contribution in [2.24, 2.45) is 17.3 Å². The molecule has 3 heteroatoms. The van der Waals surface area contributed by atoms with Gasteiger partial charge in [0.25, 0.3) is 0 Å². The summed E-state index contributed by atoms with van der Waals surface area (Å²) in [4.78, 5) is 0. The quantitative estimate of drug-likeness (QED) is 0.626. The summed E-state index contributed by atoms with van der Waals surface area (Å²) < 4.78 is 0. The average molecular weight is 254 g/mol. The maximum absolute atomic E-state index is 10.9. The Balaban J connectivity index is 2.38. The Bertz CT molecular complexity index is 354. The van der Waals surface area contributed by atoms with Crippen molar-refractivity contribution >= 4 is 0 Å². The normalized spacial score (nSPS) is 52.8. The lowest BCUT2D eigenvalue weighted by Gasteiger charge is -2.60. The Morgan fingerprint density at radius 3 is 2.39 bits per heavy atom. The molecule has 2 aliphatic rings. The number of hydrogen-bond acceptors (Lipinski definition) is 3. The molecule has 0 heterocycles. The Kier molecular flexibility index (Phi) is 3.37. The van der Waals surface area contributed by atoms with Crippen molar-refractivity contribution in [3.8, 4) is 0 Å². The SMILES string of the molecule is C=C(C)C1CC2(C)C(C)CCC(O)C2(O)CC1O. The van der Waals surface area contributed by atoms with Gasteiger partial charge in [0, 0.05) is 17.8 Å². The van der Waals surface area contributed by atoms with Gasteiger partial charge in [-0.05, 0) is 32.1 Å². The molecule has 3 nitrogen and oxygen atoms in total. The van der Waals surface area contributed by atoms with Crippen molar-refractivity contribution in [2.45, 2.75) is 64.3 Å². The van der Waals surface area contributed by atoms with Crippen LogP contribution in [0, 0.1) is 17.3 Å². The number of aliphatic hydroxyl groups is 3. The fourth-order valence-electron chi connectivity index (χ4n) is 4.08. The van der Waals surface area contributed by atoms with E-state index in [1.807, 2.05) is 6.92 Å². The van der Waals surface area contributed by atoms with Crippen LogP contribution in [0.3, 0.4) is 0 Å². The van der Waals surface area contributed by atoms with Gasteiger partial charge < -0.3 is 15.3 Å². The van der Waals surface area contributed by atoms with Crippen molar-refractivity contribution in [3.05, 3.63) is 12.2 Å². The van der Waals surface area contributed by atoms with Gasteiger partial charge in [-0.1, -0.05) is 26.0 Å². The van der Waals surface area contributed by atoms with E-state index in [0.717, 1.165) is 12.0 Å². The maximum atomic E-state index is 10.9. The third-order valence-electron chi connectivity index (χ3n) is 5.76.